The van der Waals surface area contributed by atoms with Crippen molar-refractivity contribution in [1.29, 1.82) is 0 Å². The molecule has 0 unspecified atom stereocenters. The summed E-state index contributed by atoms with van der Waals surface area (Å²) in [6.45, 7) is -0.778. The van der Waals surface area contributed by atoms with Crippen LogP contribution in [-0.2, 0) is 21.9 Å². The topological polar surface area (TPSA) is 125 Å². The third kappa shape index (κ3) is 5.50. The summed E-state index contributed by atoms with van der Waals surface area (Å²) in [4.78, 5) is 31.6. The predicted octanol–water partition coefficient (Wildman–Crippen LogP) is 3.35. The van der Waals surface area contributed by atoms with Gasteiger partial charge in [0, 0.05) is 18.2 Å². The number of rotatable bonds is 9. The van der Waals surface area contributed by atoms with E-state index < -0.39 is 14.6 Å². The molecule has 9 nitrogen and oxygen atoms in total. The van der Waals surface area contributed by atoms with Gasteiger partial charge in [-0.05, 0) is 17.7 Å². The average Bonchev–Trinajstić information content (AvgIpc) is 3.48. The highest BCUT2D eigenvalue weighted by Crippen LogP contribution is 2.31. The predicted molar refractivity (Wildman–Crippen MR) is 123 cm³/mol. The molecule has 0 saturated carbocycles. The first kappa shape index (κ1) is 23.0. The van der Waals surface area contributed by atoms with Gasteiger partial charge in [-0.2, -0.15) is 0 Å². The highest BCUT2D eigenvalue weighted by molar-refractivity contribution is 7.43. The van der Waals surface area contributed by atoms with Crippen molar-refractivity contribution in [3.63, 3.8) is 0 Å². The summed E-state index contributed by atoms with van der Waals surface area (Å²) in [6, 6.07) is 23.1. The van der Waals surface area contributed by atoms with Gasteiger partial charge in [0.1, 0.15) is 11.5 Å². The van der Waals surface area contributed by atoms with Crippen LogP contribution in [0.5, 0.6) is 5.88 Å². The van der Waals surface area contributed by atoms with Gasteiger partial charge in [-0.1, -0.05) is 60.7 Å². The summed E-state index contributed by atoms with van der Waals surface area (Å²) in [5, 5.41) is 0. The molecule has 0 N–H and O–H groups in total. The number of nitrogens with zero attached hydrogens (tertiary/aromatic N) is 3. The zero-order chi connectivity index (χ0) is 24.3. The van der Waals surface area contributed by atoms with Crippen molar-refractivity contribution in [2.75, 3.05) is 6.79 Å². The second-order valence-electron chi connectivity index (χ2n) is 7.75. The normalized spacial score (nSPS) is 11.7. The van der Waals surface area contributed by atoms with Gasteiger partial charge in [-0.15, -0.1) is 0 Å². The summed E-state index contributed by atoms with van der Waals surface area (Å²) >= 11 is 0. The van der Waals surface area contributed by atoms with Crippen molar-refractivity contribution in [3.05, 3.63) is 108 Å². The van der Waals surface area contributed by atoms with Crippen LogP contribution in [0.15, 0.2) is 89.7 Å². The summed E-state index contributed by atoms with van der Waals surface area (Å²) in [6.07, 6.45) is 4.10. The Morgan fingerprint density at radius 2 is 1.63 bits per heavy atom. The van der Waals surface area contributed by atoms with E-state index in [4.69, 9.17) is 19.1 Å². The SMILES string of the molecule is O=P([O-])([O-])OCOc1c(Cc2ccco2)nc2c(Cc3ccccc3)nc(-c3ccccc3)cn12. The van der Waals surface area contributed by atoms with Crippen LogP contribution in [0.1, 0.15) is 22.7 Å². The Morgan fingerprint density at radius 1 is 0.886 bits per heavy atom. The number of fused-ring (bicyclic) bond motifs is 1. The van der Waals surface area contributed by atoms with Crippen molar-refractivity contribution >= 4 is 13.5 Å². The number of phosphoric acid groups is 1. The number of benzene rings is 2. The molecule has 178 valence electrons. The van der Waals surface area contributed by atoms with Gasteiger partial charge in [0.25, 0.3) is 0 Å². The fourth-order valence-electron chi connectivity index (χ4n) is 3.78. The largest absolute Gasteiger partial charge is 0.790 e. The van der Waals surface area contributed by atoms with Gasteiger partial charge in [-0.25, -0.2) is 9.97 Å². The summed E-state index contributed by atoms with van der Waals surface area (Å²) in [7, 11) is -5.21. The van der Waals surface area contributed by atoms with Crippen LogP contribution in [-0.4, -0.2) is 21.2 Å². The lowest BCUT2D eigenvalue weighted by atomic mass is 10.1. The molecule has 0 bridgehead atoms. The smallest absolute Gasteiger partial charge is 0.224 e. The molecule has 0 saturated heterocycles. The molecule has 0 amide bonds. The molecule has 3 aromatic heterocycles. The van der Waals surface area contributed by atoms with E-state index in [0.717, 1.165) is 11.1 Å². The Bertz CT molecular complexity index is 1460. The van der Waals surface area contributed by atoms with Crippen LogP contribution in [0.3, 0.4) is 0 Å². The zero-order valence-corrected chi connectivity index (χ0v) is 19.3. The number of ether oxygens (including phenoxy) is 1. The van der Waals surface area contributed by atoms with Gasteiger partial charge in [0.05, 0.1) is 31.9 Å². The van der Waals surface area contributed by atoms with Crippen molar-refractivity contribution in [1.82, 2.24) is 14.4 Å². The first-order chi connectivity index (χ1) is 17.0. The van der Waals surface area contributed by atoms with Crippen molar-refractivity contribution < 1.29 is 28.0 Å². The van der Waals surface area contributed by atoms with Gasteiger partial charge >= 0.3 is 0 Å². The van der Waals surface area contributed by atoms with Crippen LogP contribution in [0.4, 0.5) is 0 Å². The fraction of sp³-hybridized carbons (Fsp3) is 0.120. The maximum Gasteiger partial charge on any atom is 0.224 e. The molecule has 3 heterocycles. The first-order valence-electron chi connectivity index (χ1n) is 10.8. The Kier molecular flexibility index (Phi) is 6.48. The van der Waals surface area contributed by atoms with Crippen LogP contribution < -0.4 is 14.5 Å². The number of furan rings is 1. The third-order valence-electron chi connectivity index (χ3n) is 5.31. The van der Waals surface area contributed by atoms with E-state index >= 15 is 0 Å². The lowest BCUT2D eigenvalue weighted by Crippen LogP contribution is -2.19. The number of phosphoric ester groups is 1. The highest BCUT2D eigenvalue weighted by Gasteiger charge is 2.20. The minimum Gasteiger partial charge on any atom is -0.790 e. The molecule has 0 aliphatic carbocycles. The molecule has 35 heavy (non-hydrogen) atoms. The van der Waals surface area contributed by atoms with E-state index in [1.54, 1.807) is 29.0 Å². The van der Waals surface area contributed by atoms with E-state index in [0.29, 0.717) is 34.9 Å². The maximum absolute atomic E-state index is 11.0. The molecule has 2 aromatic carbocycles. The number of hydrogen-bond donors (Lipinski definition) is 0. The van der Waals surface area contributed by atoms with Crippen LogP contribution in [0, 0.1) is 0 Å². The lowest BCUT2D eigenvalue weighted by molar-refractivity contribution is -0.344. The van der Waals surface area contributed by atoms with E-state index in [1.807, 2.05) is 60.7 Å². The lowest BCUT2D eigenvalue weighted by Gasteiger charge is -2.28. The second kappa shape index (κ2) is 9.85. The Balaban J connectivity index is 1.65. The minimum atomic E-state index is -5.21. The van der Waals surface area contributed by atoms with E-state index in [-0.39, 0.29) is 12.3 Å². The summed E-state index contributed by atoms with van der Waals surface area (Å²) in [5.41, 5.74) is 4.33. The van der Waals surface area contributed by atoms with Crippen LogP contribution in [0.2, 0.25) is 0 Å². The van der Waals surface area contributed by atoms with E-state index in [2.05, 4.69) is 4.52 Å². The first-order valence-corrected chi connectivity index (χ1v) is 12.2. The van der Waals surface area contributed by atoms with E-state index in [9.17, 15) is 14.4 Å². The second-order valence-corrected chi connectivity index (χ2v) is 8.91. The molecule has 0 aliphatic heterocycles. The van der Waals surface area contributed by atoms with Crippen molar-refractivity contribution in [2.24, 2.45) is 0 Å². The Hall–Kier alpha value is -3.75. The van der Waals surface area contributed by atoms with Crippen molar-refractivity contribution in [2.45, 2.75) is 12.8 Å². The van der Waals surface area contributed by atoms with Gasteiger partial charge < -0.3 is 28.0 Å². The standard InChI is InChI=1S/C25H22N3O6P/c29-35(30,31)34-17-33-25-22(15-20-12-7-13-32-20)27-24-21(14-18-8-3-1-4-9-18)26-23(16-28(24)25)19-10-5-2-6-11-19/h1-13,16H,14-15,17H2,(H2,29,30,31)/p-2. The maximum atomic E-state index is 11.0. The molecule has 10 heteroatoms. The Morgan fingerprint density at radius 3 is 2.31 bits per heavy atom. The quantitative estimate of drug-likeness (QED) is 0.228. The van der Waals surface area contributed by atoms with Gasteiger partial charge in [-0.3, -0.25) is 4.40 Å². The molecular weight excluding hydrogens is 469 g/mol. The number of aromatic nitrogens is 3. The summed E-state index contributed by atoms with van der Waals surface area (Å²) < 4.78 is 28.1. The highest BCUT2D eigenvalue weighted by atomic mass is 31.2. The third-order valence-corrected chi connectivity index (χ3v) is 5.73. The van der Waals surface area contributed by atoms with E-state index in [1.165, 1.54) is 0 Å². The molecule has 5 aromatic rings. The van der Waals surface area contributed by atoms with Crippen LogP contribution in [0.25, 0.3) is 16.9 Å². The minimum absolute atomic E-state index is 0.235. The molecule has 5 rings (SSSR count). The number of imidazole rings is 1. The Labute approximate surface area is 200 Å². The molecule has 0 spiro atoms. The molecule has 0 atom stereocenters. The molecular formula is C25H20N3O6P-2. The van der Waals surface area contributed by atoms with Gasteiger partial charge in [0.15, 0.2) is 12.4 Å². The molecule has 0 radical (unpaired) electrons. The monoisotopic (exact) mass is 489 g/mol. The fourth-order valence-corrected chi connectivity index (χ4v) is 3.97. The summed E-state index contributed by atoms with van der Waals surface area (Å²) in [5.74, 6) is 0.872. The molecule has 0 aliphatic rings. The van der Waals surface area contributed by atoms with Gasteiger partial charge in [0.2, 0.25) is 5.88 Å². The van der Waals surface area contributed by atoms with Crippen molar-refractivity contribution in [3.8, 4) is 17.1 Å². The number of hydrogen-bond acceptors (Lipinski definition) is 8. The van der Waals surface area contributed by atoms with Crippen LogP contribution >= 0.6 is 7.82 Å². The average molecular weight is 489 g/mol. The molecule has 0 fully saturated rings. The zero-order valence-electron chi connectivity index (χ0n) is 18.4.